The first-order valence-corrected chi connectivity index (χ1v) is 8.08. The number of nitrogens with zero attached hydrogens (tertiary/aromatic N) is 2. The van der Waals surface area contributed by atoms with Crippen molar-refractivity contribution in [3.63, 3.8) is 0 Å². The van der Waals surface area contributed by atoms with E-state index in [0.717, 1.165) is 0 Å². The highest BCUT2D eigenvalue weighted by Gasteiger charge is 2.11. The first kappa shape index (κ1) is 15.4. The molecule has 0 aromatic carbocycles. The summed E-state index contributed by atoms with van der Waals surface area (Å²) in [6, 6.07) is 3.35. The van der Waals surface area contributed by atoms with E-state index in [1.807, 2.05) is 0 Å². The Labute approximate surface area is 125 Å². The lowest BCUT2D eigenvalue weighted by Gasteiger charge is -2.02. The van der Waals surface area contributed by atoms with Gasteiger partial charge in [0.05, 0.1) is 6.54 Å². The quantitative estimate of drug-likeness (QED) is 0.428. The molecule has 0 atom stereocenters. The summed E-state index contributed by atoms with van der Waals surface area (Å²) in [7, 11) is -2.19. The summed E-state index contributed by atoms with van der Waals surface area (Å²) in [6.07, 6.45) is 0. The molecule has 2 heterocycles. The molecular formula is C10H14N6O3S2. The molecule has 0 unspecified atom stereocenters. The van der Waals surface area contributed by atoms with Gasteiger partial charge in [0.1, 0.15) is 11.5 Å². The second-order valence-corrected chi connectivity index (χ2v) is 6.39. The van der Waals surface area contributed by atoms with Gasteiger partial charge < -0.3 is 15.9 Å². The van der Waals surface area contributed by atoms with Gasteiger partial charge in [-0.2, -0.15) is 18.1 Å². The third-order valence-corrected chi connectivity index (χ3v) is 4.13. The van der Waals surface area contributed by atoms with Crippen LogP contribution in [-0.2, 0) is 16.8 Å². The van der Waals surface area contributed by atoms with Crippen LogP contribution in [0.4, 0.5) is 5.13 Å². The van der Waals surface area contributed by atoms with Crippen LogP contribution in [0.5, 0.6) is 0 Å². The summed E-state index contributed by atoms with van der Waals surface area (Å²) in [5, 5.41) is 2.15. The zero-order chi connectivity index (χ0) is 15.5. The Morgan fingerprint density at radius 3 is 2.90 bits per heavy atom. The minimum atomic E-state index is -3.50. The Hall–Kier alpha value is -1.95. The SMILES string of the molecule is CNS(=O)(=O)NCc1ccc(-c2csc(N=C(N)N)n2)o1. The van der Waals surface area contributed by atoms with Crippen molar-refractivity contribution in [3.8, 4) is 11.5 Å². The highest BCUT2D eigenvalue weighted by Crippen LogP contribution is 2.27. The minimum Gasteiger partial charge on any atom is -0.458 e. The monoisotopic (exact) mass is 330 g/mol. The molecule has 0 aliphatic carbocycles. The van der Waals surface area contributed by atoms with E-state index < -0.39 is 10.2 Å². The van der Waals surface area contributed by atoms with E-state index in [-0.39, 0.29) is 12.5 Å². The normalized spacial score (nSPS) is 11.5. The van der Waals surface area contributed by atoms with Gasteiger partial charge >= 0.3 is 0 Å². The molecular weight excluding hydrogens is 316 g/mol. The maximum Gasteiger partial charge on any atom is 0.277 e. The average Bonchev–Trinajstić information content (AvgIpc) is 3.04. The summed E-state index contributed by atoms with van der Waals surface area (Å²) >= 11 is 1.26. The van der Waals surface area contributed by atoms with Crippen molar-refractivity contribution in [1.82, 2.24) is 14.4 Å². The van der Waals surface area contributed by atoms with Gasteiger partial charge in [0.15, 0.2) is 11.7 Å². The van der Waals surface area contributed by atoms with Gasteiger partial charge in [0.25, 0.3) is 10.2 Å². The summed E-state index contributed by atoms with van der Waals surface area (Å²) in [6.45, 7) is 0.0358. The predicted octanol–water partition coefficient (Wildman–Crippen LogP) is -0.138. The first-order chi connectivity index (χ1) is 9.89. The van der Waals surface area contributed by atoms with E-state index in [1.165, 1.54) is 18.4 Å². The number of furan rings is 1. The van der Waals surface area contributed by atoms with Gasteiger partial charge in [-0.25, -0.2) is 9.71 Å². The molecule has 2 aromatic rings. The van der Waals surface area contributed by atoms with Crippen molar-refractivity contribution in [2.24, 2.45) is 16.5 Å². The minimum absolute atomic E-state index is 0.0358. The molecule has 2 rings (SSSR count). The molecule has 0 aliphatic rings. The molecule has 2 aromatic heterocycles. The molecule has 114 valence electrons. The molecule has 0 fully saturated rings. The van der Waals surface area contributed by atoms with E-state index >= 15 is 0 Å². The van der Waals surface area contributed by atoms with E-state index in [1.54, 1.807) is 17.5 Å². The standard InChI is InChI=1S/C10H14N6O3S2/c1-13-21(17,18)14-4-6-2-3-8(19-6)7-5-20-10(15-7)16-9(11)12/h2-3,5,13-14H,4H2,1H3,(H4,11,12,15,16). The molecule has 0 radical (unpaired) electrons. The number of aromatic nitrogens is 1. The second-order valence-electron chi connectivity index (χ2n) is 3.85. The Bertz CT molecular complexity index is 744. The molecule has 9 nitrogen and oxygen atoms in total. The van der Waals surface area contributed by atoms with E-state index in [4.69, 9.17) is 15.9 Å². The van der Waals surface area contributed by atoms with Gasteiger partial charge in [-0.3, -0.25) is 0 Å². The number of aliphatic imine (C=N–C) groups is 1. The number of thiazole rings is 1. The van der Waals surface area contributed by atoms with Crippen molar-refractivity contribution in [2.75, 3.05) is 7.05 Å². The smallest absolute Gasteiger partial charge is 0.277 e. The van der Waals surface area contributed by atoms with Crippen molar-refractivity contribution >= 4 is 32.6 Å². The van der Waals surface area contributed by atoms with Crippen LogP contribution in [0.2, 0.25) is 0 Å². The summed E-state index contributed by atoms with van der Waals surface area (Å²) in [4.78, 5) is 8.02. The summed E-state index contributed by atoms with van der Waals surface area (Å²) < 4.78 is 32.4. The average molecular weight is 330 g/mol. The van der Waals surface area contributed by atoms with Gasteiger partial charge in [-0.1, -0.05) is 0 Å². The van der Waals surface area contributed by atoms with Crippen LogP contribution in [0.15, 0.2) is 26.9 Å². The van der Waals surface area contributed by atoms with Crippen LogP contribution in [0.1, 0.15) is 5.76 Å². The van der Waals surface area contributed by atoms with E-state index in [9.17, 15) is 8.42 Å². The topological polar surface area (TPSA) is 149 Å². The molecule has 0 bridgehead atoms. The molecule has 11 heteroatoms. The lowest BCUT2D eigenvalue weighted by molar-refractivity contribution is 0.507. The zero-order valence-corrected chi connectivity index (χ0v) is 12.7. The largest absolute Gasteiger partial charge is 0.458 e. The highest BCUT2D eigenvalue weighted by atomic mass is 32.2. The molecule has 0 saturated heterocycles. The third kappa shape index (κ3) is 4.26. The van der Waals surface area contributed by atoms with Crippen LogP contribution in [-0.4, -0.2) is 26.4 Å². The van der Waals surface area contributed by atoms with Gasteiger partial charge in [0.2, 0.25) is 5.13 Å². The third-order valence-electron chi connectivity index (χ3n) is 2.34. The fourth-order valence-electron chi connectivity index (χ4n) is 1.39. The Morgan fingerprint density at radius 1 is 1.48 bits per heavy atom. The van der Waals surface area contributed by atoms with Crippen LogP contribution in [0, 0.1) is 0 Å². The van der Waals surface area contributed by atoms with Crippen molar-refractivity contribution in [3.05, 3.63) is 23.3 Å². The Morgan fingerprint density at radius 2 is 2.24 bits per heavy atom. The molecule has 0 aliphatic heterocycles. The number of nitrogens with one attached hydrogen (secondary N) is 2. The van der Waals surface area contributed by atoms with Crippen LogP contribution >= 0.6 is 11.3 Å². The van der Waals surface area contributed by atoms with Crippen molar-refractivity contribution < 1.29 is 12.8 Å². The maximum absolute atomic E-state index is 11.2. The number of rotatable bonds is 6. The molecule has 6 N–H and O–H groups in total. The number of hydrogen-bond donors (Lipinski definition) is 4. The van der Waals surface area contributed by atoms with Crippen molar-refractivity contribution in [1.29, 1.82) is 0 Å². The lowest BCUT2D eigenvalue weighted by Crippen LogP contribution is -2.33. The highest BCUT2D eigenvalue weighted by molar-refractivity contribution is 7.87. The molecule has 0 spiro atoms. The summed E-state index contributed by atoms with van der Waals surface area (Å²) in [5.41, 5.74) is 11.1. The van der Waals surface area contributed by atoms with E-state index in [0.29, 0.717) is 22.3 Å². The van der Waals surface area contributed by atoms with E-state index in [2.05, 4.69) is 19.4 Å². The maximum atomic E-state index is 11.2. The fourth-order valence-corrected chi connectivity index (χ4v) is 2.56. The van der Waals surface area contributed by atoms with Gasteiger partial charge in [-0.15, -0.1) is 11.3 Å². The van der Waals surface area contributed by atoms with Crippen LogP contribution in [0.3, 0.4) is 0 Å². The zero-order valence-electron chi connectivity index (χ0n) is 11.0. The molecule has 0 amide bonds. The number of guanidine groups is 1. The predicted molar refractivity (Wildman–Crippen MR) is 80.1 cm³/mol. The lowest BCUT2D eigenvalue weighted by atomic mass is 10.3. The van der Waals surface area contributed by atoms with Crippen LogP contribution < -0.4 is 20.9 Å². The van der Waals surface area contributed by atoms with Gasteiger partial charge in [-0.05, 0) is 12.1 Å². The van der Waals surface area contributed by atoms with Crippen LogP contribution in [0.25, 0.3) is 11.5 Å². The fraction of sp³-hybridized carbons (Fsp3) is 0.200. The Kier molecular flexibility index (Phi) is 4.57. The summed E-state index contributed by atoms with van der Waals surface area (Å²) in [5.74, 6) is 0.889. The first-order valence-electron chi connectivity index (χ1n) is 5.72. The number of hydrogen-bond acceptors (Lipinski definition) is 6. The second kappa shape index (κ2) is 6.22. The molecule has 0 saturated carbocycles. The van der Waals surface area contributed by atoms with Crippen molar-refractivity contribution in [2.45, 2.75) is 6.54 Å². The Balaban J connectivity index is 2.09. The molecule has 21 heavy (non-hydrogen) atoms. The number of nitrogens with two attached hydrogens (primary N) is 2. The van der Waals surface area contributed by atoms with Gasteiger partial charge in [0, 0.05) is 12.4 Å².